The highest BCUT2D eigenvalue weighted by molar-refractivity contribution is 5.68. The Bertz CT molecular complexity index is 296. The molecule has 0 aliphatic rings. The van der Waals surface area contributed by atoms with Gasteiger partial charge in [-0.2, -0.15) is 5.10 Å². The van der Waals surface area contributed by atoms with E-state index in [9.17, 15) is 4.79 Å². The van der Waals surface area contributed by atoms with Crippen LogP contribution in [0.1, 0.15) is 12.5 Å². The van der Waals surface area contributed by atoms with Gasteiger partial charge in [-0.15, -0.1) is 0 Å². The lowest BCUT2D eigenvalue weighted by Gasteiger charge is -2.00. The zero-order valence-electron chi connectivity index (χ0n) is 8.49. The standard InChI is InChI=1S/C9H15N3O2/c1-3-14-9(13)7-12-6-8(4-10-2)5-11-12/h5-6,10H,3-4,7H2,1-2H3. The summed E-state index contributed by atoms with van der Waals surface area (Å²) in [6, 6.07) is 0. The molecule has 5 nitrogen and oxygen atoms in total. The Morgan fingerprint density at radius 3 is 3.14 bits per heavy atom. The highest BCUT2D eigenvalue weighted by Gasteiger charge is 2.04. The number of carbonyl (C=O) groups is 1. The van der Waals surface area contributed by atoms with Gasteiger partial charge >= 0.3 is 5.97 Å². The van der Waals surface area contributed by atoms with Gasteiger partial charge in [0, 0.05) is 18.3 Å². The van der Waals surface area contributed by atoms with E-state index >= 15 is 0 Å². The lowest BCUT2D eigenvalue weighted by Crippen LogP contribution is -2.13. The lowest BCUT2D eigenvalue weighted by molar-refractivity contribution is -0.144. The summed E-state index contributed by atoms with van der Waals surface area (Å²) in [6.07, 6.45) is 3.56. The van der Waals surface area contributed by atoms with Gasteiger partial charge in [0.05, 0.1) is 12.8 Å². The second kappa shape index (κ2) is 5.39. The van der Waals surface area contributed by atoms with Crippen LogP contribution in [0.5, 0.6) is 0 Å². The van der Waals surface area contributed by atoms with Crippen LogP contribution in [0.4, 0.5) is 0 Å². The van der Waals surface area contributed by atoms with Gasteiger partial charge in [0.15, 0.2) is 0 Å². The fourth-order valence-corrected chi connectivity index (χ4v) is 1.13. The Kier molecular flexibility index (Phi) is 4.12. The SMILES string of the molecule is CCOC(=O)Cn1cc(CNC)cn1. The van der Waals surface area contributed by atoms with Gasteiger partial charge in [0.1, 0.15) is 6.54 Å². The third-order valence-corrected chi connectivity index (χ3v) is 1.66. The summed E-state index contributed by atoms with van der Waals surface area (Å²) in [5.74, 6) is -0.258. The van der Waals surface area contributed by atoms with Crippen molar-refractivity contribution in [3.8, 4) is 0 Å². The molecule has 0 aliphatic carbocycles. The zero-order chi connectivity index (χ0) is 10.4. The maximum absolute atomic E-state index is 11.1. The molecule has 0 radical (unpaired) electrons. The fourth-order valence-electron chi connectivity index (χ4n) is 1.13. The molecule has 1 N–H and O–H groups in total. The first-order valence-corrected chi connectivity index (χ1v) is 4.57. The summed E-state index contributed by atoms with van der Waals surface area (Å²) in [5.41, 5.74) is 1.05. The summed E-state index contributed by atoms with van der Waals surface area (Å²) in [5, 5.41) is 7.04. The predicted molar refractivity (Wildman–Crippen MR) is 51.6 cm³/mol. The number of nitrogens with one attached hydrogen (secondary N) is 1. The van der Waals surface area contributed by atoms with Crippen molar-refractivity contribution in [1.29, 1.82) is 0 Å². The molecule has 78 valence electrons. The summed E-state index contributed by atoms with van der Waals surface area (Å²) in [6.45, 7) is 3.12. The second-order valence-electron chi connectivity index (χ2n) is 2.88. The van der Waals surface area contributed by atoms with Gasteiger partial charge in [-0.1, -0.05) is 0 Å². The van der Waals surface area contributed by atoms with Crippen molar-refractivity contribution >= 4 is 5.97 Å². The first-order valence-electron chi connectivity index (χ1n) is 4.57. The largest absolute Gasteiger partial charge is 0.465 e. The zero-order valence-corrected chi connectivity index (χ0v) is 8.49. The Morgan fingerprint density at radius 2 is 2.50 bits per heavy atom. The number of rotatable bonds is 5. The average Bonchev–Trinajstić information content (AvgIpc) is 2.53. The number of carbonyl (C=O) groups excluding carboxylic acids is 1. The Labute approximate surface area is 83.1 Å². The number of hydrogen-bond acceptors (Lipinski definition) is 4. The molecule has 1 aromatic heterocycles. The molecule has 14 heavy (non-hydrogen) atoms. The van der Waals surface area contributed by atoms with Gasteiger partial charge in [0.2, 0.25) is 0 Å². The van der Waals surface area contributed by atoms with Crippen molar-refractivity contribution < 1.29 is 9.53 Å². The van der Waals surface area contributed by atoms with E-state index in [0.717, 1.165) is 12.1 Å². The van der Waals surface area contributed by atoms with Crippen molar-refractivity contribution in [3.05, 3.63) is 18.0 Å². The number of nitrogens with zero attached hydrogens (tertiary/aromatic N) is 2. The quantitative estimate of drug-likeness (QED) is 0.683. The topological polar surface area (TPSA) is 56.1 Å². The van der Waals surface area contributed by atoms with Crippen LogP contribution in [0.25, 0.3) is 0 Å². The van der Waals surface area contributed by atoms with Crippen molar-refractivity contribution in [1.82, 2.24) is 15.1 Å². The van der Waals surface area contributed by atoms with Crippen molar-refractivity contribution in [3.63, 3.8) is 0 Å². The summed E-state index contributed by atoms with van der Waals surface area (Å²) in [4.78, 5) is 11.1. The minimum absolute atomic E-state index is 0.178. The Hall–Kier alpha value is -1.36. The number of ether oxygens (including phenoxy) is 1. The molecule has 5 heteroatoms. The van der Waals surface area contributed by atoms with Crippen LogP contribution in [0.3, 0.4) is 0 Å². The number of esters is 1. The van der Waals surface area contributed by atoms with Crippen LogP contribution < -0.4 is 5.32 Å². The van der Waals surface area contributed by atoms with E-state index in [1.54, 1.807) is 17.8 Å². The van der Waals surface area contributed by atoms with Gasteiger partial charge < -0.3 is 10.1 Å². The molecular formula is C9H15N3O2. The summed E-state index contributed by atoms with van der Waals surface area (Å²) < 4.78 is 6.37. The number of aromatic nitrogens is 2. The Morgan fingerprint density at radius 1 is 1.71 bits per heavy atom. The monoisotopic (exact) mass is 197 g/mol. The van der Waals surface area contributed by atoms with E-state index in [2.05, 4.69) is 10.4 Å². The van der Waals surface area contributed by atoms with E-state index in [-0.39, 0.29) is 12.5 Å². The molecule has 0 fully saturated rings. The molecule has 1 aromatic rings. The van der Waals surface area contributed by atoms with Gasteiger partial charge in [-0.3, -0.25) is 9.48 Å². The molecular weight excluding hydrogens is 182 g/mol. The van der Waals surface area contributed by atoms with Gasteiger partial charge in [-0.05, 0) is 14.0 Å². The highest BCUT2D eigenvalue weighted by atomic mass is 16.5. The molecule has 0 spiro atoms. The molecule has 0 unspecified atom stereocenters. The van der Waals surface area contributed by atoms with Crippen molar-refractivity contribution in [2.75, 3.05) is 13.7 Å². The maximum atomic E-state index is 11.1. The van der Waals surface area contributed by atoms with Crippen LogP contribution >= 0.6 is 0 Å². The molecule has 1 rings (SSSR count). The molecule has 0 bridgehead atoms. The van der Waals surface area contributed by atoms with Gasteiger partial charge in [-0.25, -0.2) is 0 Å². The first-order chi connectivity index (χ1) is 6.76. The summed E-state index contributed by atoms with van der Waals surface area (Å²) in [7, 11) is 1.86. The minimum Gasteiger partial charge on any atom is -0.465 e. The maximum Gasteiger partial charge on any atom is 0.327 e. The van der Waals surface area contributed by atoms with E-state index in [1.807, 2.05) is 13.2 Å². The fraction of sp³-hybridized carbons (Fsp3) is 0.556. The smallest absolute Gasteiger partial charge is 0.327 e. The van der Waals surface area contributed by atoms with Crippen LogP contribution in [0.2, 0.25) is 0 Å². The van der Waals surface area contributed by atoms with Crippen LogP contribution in [-0.4, -0.2) is 29.4 Å². The van der Waals surface area contributed by atoms with Crippen molar-refractivity contribution in [2.45, 2.75) is 20.0 Å². The number of hydrogen-bond donors (Lipinski definition) is 1. The first kappa shape index (κ1) is 10.7. The lowest BCUT2D eigenvalue weighted by atomic mass is 10.4. The van der Waals surface area contributed by atoms with Crippen LogP contribution in [0.15, 0.2) is 12.4 Å². The summed E-state index contributed by atoms with van der Waals surface area (Å²) >= 11 is 0. The van der Waals surface area contributed by atoms with E-state index in [1.165, 1.54) is 0 Å². The van der Waals surface area contributed by atoms with Gasteiger partial charge in [0.25, 0.3) is 0 Å². The molecule has 1 heterocycles. The van der Waals surface area contributed by atoms with Crippen LogP contribution in [0, 0.1) is 0 Å². The van der Waals surface area contributed by atoms with E-state index in [0.29, 0.717) is 6.61 Å². The van der Waals surface area contributed by atoms with E-state index in [4.69, 9.17) is 4.74 Å². The van der Waals surface area contributed by atoms with Crippen LogP contribution in [-0.2, 0) is 22.6 Å². The van der Waals surface area contributed by atoms with Crippen molar-refractivity contribution in [2.24, 2.45) is 0 Å². The molecule has 0 amide bonds. The minimum atomic E-state index is -0.258. The predicted octanol–water partition coefficient (Wildman–Crippen LogP) is 0.166. The highest BCUT2D eigenvalue weighted by Crippen LogP contribution is 1.97. The van der Waals surface area contributed by atoms with E-state index < -0.39 is 0 Å². The molecule has 0 aromatic carbocycles. The normalized spacial score (nSPS) is 10.1. The third kappa shape index (κ3) is 3.18. The molecule has 0 atom stereocenters. The molecule has 0 aliphatic heterocycles. The Balaban J connectivity index is 2.46. The average molecular weight is 197 g/mol. The molecule has 0 saturated carbocycles. The molecule has 0 saturated heterocycles. The second-order valence-corrected chi connectivity index (χ2v) is 2.88. The third-order valence-electron chi connectivity index (χ3n) is 1.66.